The van der Waals surface area contributed by atoms with Crippen molar-refractivity contribution in [2.24, 2.45) is 5.73 Å². The van der Waals surface area contributed by atoms with E-state index in [-0.39, 0.29) is 0 Å². The standard InChI is InChI=1S/C22H38N3/c1-4-25(5-2,16-10-11-17(3)23)22-18-12-6-8-14-20(18)24-21-15-9-7-13-19(21)22/h17H,4-16,23H2,1-3H3/q+1. The Morgan fingerprint density at radius 2 is 1.44 bits per heavy atom. The molecule has 2 N–H and O–H groups in total. The Labute approximate surface area is 154 Å². The van der Waals surface area contributed by atoms with Gasteiger partial charge in [-0.15, -0.1) is 0 Å². The summed E-state index contributed by atoms with van der Waals surface area (Å²) in [5.74, 6) is 0. The number of fused-ring (bicyclic) bond motifs is 2. The van der Waals surface area contributed by atoms with Gasteiger partial charge in [-0.05, 0) is 85.0 Å². The monoisotopic (exact) mass is 344 g/mol. The third kappa shape index (κ3) is 3.78. The molecule has 140 valence electrons. The van der Waals surface area contributed by atoms with Gasteiger partial charge in [0.05, 0.1) is 19.6 Å². The van der Waals surface area contributed by atoms with Gasteiger partial charge in [-0.25, -0.2) is 0 Å². The van der Waals surface area contributed by atoms with Crippen LogP contribution in [0.1, 0.15) is 81.8 Å². The lowest BCUT2D eigenvalue weighted by molar-refractivity contribution is 0.284. The van der Waals surface area contributed by atoms with Crippen molar-refractivity contribution in [3.63, 3.8) is 0 Å². The quantitative estimate of drug-likeness (QED) is 0.748. The van der Waals surface area contributed by atoms with Gasteiger partial charge in [0, 0.05) is 28.6 Å². The Hall–Kier alpha value is -0.930. The summed E-state index contributed by atoms with van der Waals surface area (Å²) in [6, 6.07) is 0.316. The third-order valence-electron chi connectivity index (χ3n) is 6.65. The molecule has 3 heteroatoms. The smallest absolute Gasteiger partial charge is 0.142 e. The number of quaternary nitrogens is 1. The number of rotatable bonds is 7. The van der Waals surface area contributed by atoms with Crippen LogP contribution in [0, 0.1) is 0 Å². The summed E-state index contributed by atoms with van der Waals surface area (Å²) in [4.78, 5) is 5.18. The first-order valence-electron chi connectivity index (χ1n) is 10.8. The lowest BCUT2D eigenvalue weighted by Gasteiger charge is -2.41. The maximum Gasteiger partial charge on any atom is 0.142 e. The molecule has 1 aromatic rings. The van der Waals surface area contributed by atoms with Crippen LogP contribution in [0.4, 0.5) is 5.69 Å². The van der Waals surface area contributed by atoms with Crippen LogP contribution in [0.2, 0.25) is 0 Å². The van der Waals surface area contributed by atoms with Crippen molar-refractivity contribution in [3.05, 3.63) is 22.5 Å². The summed E-state index contributed by atoms with van der Waals surface area (Å²) in [7, 11) is 0. The summed E-state index contributed by atoms with van der Waals surface area (Å²) >= 11 is 0. The molecule has 0 amide bonds. The van der Waals surface area contributed by atoms with E-state index in [0.29, 0.717) is 6.04 Å². The Kier molecular flexibility index (Phi) is 6.17. The second-order valence-electron chi connectivity index (χ2n) is 8.35. The first-order chi connectivity index (χ1) is 12.1. The predicted molar refractivity (Wildman–Crippen MR) is 108 cm³/mol. The van der Waals surface area contributed by atoms with Crippen molar-refractivity contribution in [1.82, 2.24) is 9.47 Å². The van der Waals surface area contributed by atoms with E-state index in [1.54, 1.807) is 16.8 Å². The summed E-state index contributed by atoms with van der Waals surface area (Å²) in [6.45, 7) is 10.5. The van der Waals surface area contributed by atoms with Crippen LogP contribution >= 0.6 is 0 Å². The summed E-state index contributed by atoms with van der Waals surface area (Å²) < 4.78 is 1.15. The van der Waals surface area contributed by atoms with E-state index in [2.05, 4.69) is 20.8 Å². The van der Waals surface area contributed by atoms with Crippen molar-refractivity contribution in [2.75, 3.05) is 19.6 Å². The van der Waals surface area contributed by atoms with Gasteiger partial charge in [-0.3, -0.25) is 9.47 Å². The number of pyridine rings is 1. The van der Waals surface area contributed by atoms with Gasteiger partial charge in [0.1, 0.15) is 5.69 Å². The van der Waals surface area contributed by atoms with Gasteiger partial charge in [0.25, 0.3) is 0 Å². The van der Waals surface area contributed by atoms with Crippen LogP contribution in [0.5, 0.6) is 0 Å². The number of aryl methyl sites for hydroxylation is 2. The van der Waals surface area contributed by atoms with Crippen LogP contribution in [0.15, 0.2) is 0 Å². The second-order valence-corrected chi connectivity index (χ2v) is 8.35. The molecule has 0 aliphatic heterocycles. The minimum Gasteiger partial charge on any atom is -0.328 e. The fourth-order valence-electron chi connectivity index (χ4n) is 5.14. The highest BCUT2D eigenvalue weighted by Gasteiger charge is 2.36. The molecule has 25 heavy (non-hydrogen) atoms. The molecule has 1 heterocycles. The minimum absolute atomic E-state index is 0.316. The molecule has 0 radical (unpaired) electrons. The highest BCUT2D eigenvalue weighted by molar-refractivity contribution is 5.61. The normalized spacial score (nSPS) is 18.6. The van der Waals surface area contributed by atoms with Crippen LogP contribution in [0.25, 0.3) is 0 Å². The summed E-state index contributed by atoms with van der Waals surface area (Å²) in [6.07, 6.45) is 12.6. The van der Waals surface area contributed by atoms with E-state index < -0.39 is 0 Å². The molecule has 3 nitrogen and oxygen atoms in total. The van der Waals surface area contributed by atoms with E-state index in [1.807, 2.05) is 0 Å². The van der Waals surface area contributed by atoms with Gasteiger partial charge >= 0.3 is 0 Å². The van der Waals surface area contributed by atoms with E-state index in [4.69, 9.17) is 10.7 Å². The molecule has 1 aromatic heterocycles. The molecule has 3 rings (SSSR count). The molecule has 1 atom stereocenters. The van der Waals surface area contributed by atoms with Crippen molar-refractivity contribution in [1.29, 1.82) is 0 Å². The van der Waals surface area contributed by atoms with Crippen molar-refractivity contribution >= 4 is 5.69 Å². The molecular weight excluding hydrogens is 306 g/mol. The first-order valence-corrected chi connectivity index (χ1v) is 10.8. The predicted octanol–water partition coefficient (Wildman–Crippen LogP) is 4.31. The van der Waals surface area contributed by atoms with E-state index >= 15 is 0 Å². The van der Waals surface area contributed by atoms with Gasteiger partial charge in [-0.1, -0.05) is 0 Å². The summed E-state index contributed by atoms with van der Waals surface area (Å²) in [5.41, 5.74) is 13.9. The number of nitrogens with zero attached hydrogens (tertiary/aromatic N) is 2. The Balaban J connectivity index is 2.07. The maximum absolute atomic E-state index is 6.05. The SMILES string of the molecule is CC[N+](CC)(CCCC(C)N)c1c2c(nc3c1CCCC3)CCCC2. The largest absolute Gasteiger partial charge is 0.328 e. The molecule has 0 bridgehead atoms. The lowest BCUT2D eigenvalue weighted by atomic mass is 9.85. The average molecular weight is 345 g/mol. The van der Waals surface area contributed by atoms with Crippen molar-refractivity contribution in [3.8, 4) is 0 Å². The first kappa shape index (κ1) is 18.8. The minimum atomic E-state index is 0.316. The zero-order valence-corrected chi connectivity index (χ0v) is 16.7. The fourth-order valence-corrected chi connectivity index (χ4v) is 5.14. The van der Waals surface area contributed by atoms with Gasteiger partial charge in [-0.2, -0.15) is 0 Å². The maximum atomic E-state index is 6.05. The number of aromatic nitrogens is 1. The highest BCUT2D eigenvalue weighted by Crippen LogP contribution is 2.41. The molecule has 2 aliphatic rings. The Bertz CT molecular complexity index is 553. The zero-order chi connectivity index (χ0) is 17.9. The zero-order valence-electron chi connectivity index (χ0n) is 16.7. The number of nitrogens with two attached hydrogens (primary N) is 1. The van der Waals surface area contributed by atoms with E-state index in [1.165, 1.54) is 88.8 Å². The molecular formula is C22H38N3+. The lowest BCUT2D eigenvalue weighted by Crippen LogP contribution is -2.51. The second kappa shape index (κ2) is 8.18. The van der Waals surface area contributed by atoms with Gasteiger partial charge in [0.15, 0.2) is 0 Å². The Morgan fingerprint density at radius 1 is 0.920 bits per heavy atom. The summed E-state index contributed by atoms with van der Waals surface area (Å²) in [5, 5.41) is 0. The van der Waals surface area contributed by atoms with E-state index in [0.717, 1.165) is 10.9 Å². The van der Waals surface area contributed by atoms with Gasteiger partial charge in [0.2, 0.25) is 0 Å². The number of hydrogen-bond acceptors (Lipinski definition) is 2. The molecule has 2 aliphatic carbocycles. The average Bonchev–Trinajstić information content (AvgIpc) is 2.64. The highest BCUT2D eigenvalue weighted by atomic mass is 15.4. The molecule has 0 aromatic carbocycles. The van der Waals surface area contributed by atoms with E-state index in [9.17, 15) is 0 Å². The van der Waals surface area contributed by atoms with Crippen molar-refractivity contribution in [2.45, 2.75) is 91.0 Å². The fraction of sp³-hybridized carbons (Fsp3) is 0.773. The Morgan fingerprint density at radius 3 is 1.92 bits per heavy atom. The van der Waals surface area contributed by atoms with Gasteiger partial charge < -0.3 is 5.73 Å². The van der Waals surface area contributed by atoms with Crippen LogP contribution in [-0.4, -0.2) is 30.7 Å². The molecule has 0 fully saturated rings. The van der Waals surface area contributed by atoms with Crippen LogP contribution < -0.4 is 10.2 Å². The third-order valence-corrected chi connectivity index (χ3v) is 6.65. The van der Waals surface area contributed by atoms with Crippen molar-refractivity contribution < 1.29 is 0 Å². The number of hydrogen-bond donors (Lipinski definition) is 1. The molecule has 0 saturated carbocycles. The molecule has 0 saturated heterocycles. The van der Waals surface area contributed by atoms with Crippen LogP contribution in [-0.2, 0) is 25.7 Å². The molecule has 1 unspecified atom stereocenters. The van der Waals surface area contributed by atoms with Crippen LogP contribution in [0.3, 0.4) is 0 Å². The molecule has 0 spiro atoms. The topological polar surface area (TPSA) is 38.9 Å².